The average Bonchev–Trinajstić information content (AvgIpc) is 3.14. The first-order valence-corrected chi connectivity index (χ1v) is 10.7. The third-order valence-corrected chi connectivity index (χ3v) is 5.53. The second-order valence-electron chi connectivity index (χ2n) is 8.53. The summed E-state index contributed by atoms with van der Waals surface area (Å²) in [6.07, 6.45) is 4.38. The molecule has 0 bridgehead atoms. The highest BCUT2D eigenvalue weighted by Crippen LogP contribution is 2.22. The van der Waals surface area contributed by atoms with Crippen LogP contribution in [0.2, 0.25) is 0 Å². The van der Waals surface area contributed by atoms with Crippen LogP contribution < -0.4 is 5.32 Å². The minimum Gasteiger partial charge on any atom is -0.437 e. The van der Waals surface area contributed by atoms with Crippen molar-refractivity contribution in [1.82, 2.24) is 15.2 Å². The Labute approximate surface area is 177 Å². The average molecular weight is 404 g/mol. The number of carbonyl (C=O) groups is 1. The molecule has 2 heterocycles. The van der Waals surface area contributed by atoms with Crippen LogP contribution in [0.25, 0.3) is 17.2 Å². The number of hydrogen-bond acceptors (Lipinski definition) is 4. The summed E-state index contributed by atoms with van der Waals surface area (Å²) in [5.41, 5.74) is 3.90. The molecule has 156 valence electrons. The van der Waals surface area contributed by atoms with Gasteiger partial charge in [-0.05, 0) is 41.5 Å². The lowest BCUT2D eigenvalue weighted by Gasteiger charge is -2.35. The first-order valence-electron chi connectivity index (χ1n) is 10.7. The van der Waals surface area contributed by atoms with E-state index in [0.717, 1.165) is 29.5 Å². The van der Waals surface area contributed by atoms with Gasteiger partial charge in [0.15, 0.2) is 5.58 Å². The number of likely N-dealkylation sites (tertiary alicyclic amines) is 1. The van der Waals surface area contributed by atoms with Crippen molar-refractivity contribution in [3.05, 3.63) is 71.6 Å². The lowest BCUT2D eigenvalue weighted by molar-refractivity contribution is -0.116. The number of nitrogens with one attached hydrogen (secondary N) is 1. The molecule has 2 aromatic carbocycles. The van der Waals surface area contributed by atoms with E-state index in [1.807, 2.05) is 24.3 Å². The molecule has 5 nitrogen and oxygen atoms in total. The molecule has 30 heavy (non-hydrogen) atoms. The number of fused-ring (bicyclic) bond motifs is 1. The quantitative estimate of drug-likeness (QED) is 0.610. The molecule has 1 aliphatic heterocycles. The molecule has 1 amide bonds. The lowest BCUT2D eigenvalue weighted by Crippen LogP contribution is -2.38. The molecule has 1 fully saturated rings. The van der Waals surface area contributed by atoms with E-state index in [9.17, 15) is 4.79 Å². The van der Waals surface area contributed by atoms with Crippen molar-refractivity contribution in [3.8, 4) is 0 Å². The molecule has 1 saturated heterocycles. The van der Waals surface area contributed by atoms with Crippen molar-refractivity contribution in [2.45, 2.75) is 33.4 Å². The van der Waals surface area contributed by atoms with Gasteiger partial charge in [-0.3, -0.25) is 9.69 Å². The Kier molecular flexibility index (Phi) is 6.29. The normalized spacial score (nSPS) is 20.1. The van der Waals surface area contributed by atoms with Gasteiger partial charge in [-0.1, -0.05) is 50.2 Å². The Bertz CT molecular complexity index is 979. The molecule has 1 aliphatic rings. The predicted octanol–water partition coefficient (Wildman–Crippen LogP) is 4.64. The monoisotopic (exact) mass is 403 g/mol. The number of aromatic nitrogens is 1. The van der Waals surface area contributed by atoms with Gasteiger partial charge in [0.1, 0.15) is 5.52 Å². The molecule has 0 aliphatic carbocycles. The van der Waals surface area contributed by atoms with Crippen LogP contribution in [0.5, 0.6) is 0 Å². The van der Waals surface area contributed by atoms with Gasteiger partial charge in [0.05, 0.1) is 0 Å². The van der Waals surface area contributed by atoms with E-state index in [-0.39, 0.29) is 5.91 Å². The van der Waals surface area contributed by atoms with Crippen LogP contribution in [0.3, 0.4) is 0 Å². The van der Waals surface area contributed by atoms with Crippen molar-refractivity contribution in [3.63, 3.8) is 0 Å². The predicted molar refractivity (Wildman–Crippen MR) is 120 cm³/mol. The van der Waals surface area contributed by atoms with E-state index in [0.29, 0.717) is 18.0 Å². The number of para-hydroxylation sites is 2. The number of nitrogens with zero attached hydrogens (tertiary/aromatic N) is 2. The van der Waals surface area contributed by atoms with Crippen LogP contribution >= 0.6 is 0 Å². The van der Waals surface area contributed by atoms with E-state index < -0.39 is 0 Å². The molecule has 3 aromatic rings. The number of piperidine rings is 1. The van der Waals surface area contributed by atoms with E-state index >= 15 is 0 Å². The van der Waals surface area contributed by atoms with Gasteiger partial charge in [-0.25, -0.2) is 4.98 Å². The fourth-order valence-electron chi connectivity index (χ4n) is 4.30. The summed E-state index contributed by atoms with van der Waals surface area (Å²) in [7, 11) is 0. The summed E-state index contributed by atoms with van der Waals surface area (Å²) < 4.78 is 5.59. The third-order valence-electron chi connectivity index (χ3n) is 5.53. The molecule has 2 unspecified atom stereocenters. The second kappa shape index (κ2) is 9.26. The topological polar surface area (TPSA) is 58.4 Å². The SMILES string of the molecule is CC1CC(C)CN(Cc2ccc(CNC(=O)/C=C/c3nc4ccccc4o3)cc2)C1. The highest BCUT2D eigenvalue weighted by molar-refractivity contribution is 5.91. The summed E-state index contributed by atoms with van der Waals surface area (Å²) in [6, 6.07) is 16.1. The van der Waals surface area contributed by atoms with Crippen molar-refractivity contribution in [2.75, 3.05) is 13.1 Å². The maximum atomic E-state index is 12.1. The van der Waals surface area contributed by atoms with Gasteiger partial charge in [0.25, 0.3) is 0 Å². The van der Waals surface area contributed by atoms with Crippen LogP contribution in [0, 0.1) is 11.8 Å². The number of carbonyl (C=O) groups excluding carboxylic acids is 1. The summed E-state index contributed by atoms with van der Waals surface area (Å²) in [4.78, 5) is 19.0. The number of oxazole rings is 1. The molecule has 1 aromatic heterocycles. The zero-order chi connectivity index (χ0) is 20.9. The highest BCUT2D eigenvalue weighted by Gasteiger charge is 2.21. The van der Waals surface area contributed by atoms with Gasteiger partial charge in [0.2, 0.25) is 11.8 Å². The van der Waals surface area contributed by atoms with E-state index in [1.165, 1.54) is 31.1 Å². The minimum absolute atomic E-state index is 0.169. The number of benzene rings is 2. The second-order valence-corrected chi connectivity index (χ2v) is 8.53. The van der Waals surface area contributed by atoms with Crippen molar-refractivity contribution in [1.29, 1.82) is 0 Å². The first-order chi connectivity index (χ1) is 14.5. The zero-order valence-corrected chi connectivity index (χ0v) is 17.7. The molecular weight excluding hydrogens is 374 g/mol. The molecule has 5 heteroatoms. The van der Waals surface area contributed by atoms with Gasteiger partial charge in [-0.2, -0.15) is 0 Å². The Morgan fingerprint density at radius 3 is 2.53 bits per heavy atom. The Balaban J connectivity index is 1.26. The van der Waals surface area contributed by atoms with E-state index in [2.05, 4.69) is 53.3 Å². The smallest absolute Gasteiger partial charge is 0.244 e. The largest absolute Gasteiger partial charge is 0.437 e. The Hall–Kier alpha value is -2.92. The molecular formula is C25H29N3O2. The summed E-state index contributed by atoms with van der Waals surface area (Å²) in [6.45, 7) is 8.52. The minimum atomic E-state index is -0.169. The lowest BCUT2D eigenvalue weighted by atomic mass is 9.91. The Morgan fingerprint density at radius 1 is 1.10 bits per heavy atom. The summed E-state index contributed by atoms with van der Waals surface area (Å²) in [5.74, 6) is 1.80. The summed E-state index contributed by atoms with van der Waals surface area (Å²) in [5, 5.41) is 2.91. The number of amides is 1. The molecule has 0 saturated carbocycles. The number of hydrogen-bond donors (Lipinski definition) is 1. The van der Waals surface area contributed by atoms with Crippen LogP contribution in [0.15, 0.2) is 59.0 Å². The van der Waals surface area contributed by atoms with Gasteiger partial charge >= 0.3 is 0 Å². The van der Waals surface area contributed by atoms with Crippen molar-refractivity contribution < 1.29 is 9.21 Å². The van der Waals surface area contributed by atoms with Crippen LogP contribution in [0.4, 0.5) is 0 Å². The maximum Gasteiger partial charge on any atom is 0.244 e. The van der Waals surface area contributed by atoms with Crippen molar-refractivity contribution in [2.24, 2.45) is 11.8 Å². The van der Waals surface area contributed by atoms with Crippen LogP contribution in [-0.4, -0.2) is 28.9 Å². The molecule has 0 spiro atoms. The van der Waals surface area contributed by atoms with Gasteiger partial charge < -0.3 is 9.73 Å². The van der Waals surface area contributed by atoms with Crippen molar-refractivity contribution >= 4 is 23.1 Å². The molecule has 4 rings (SSSR count). The van der Waals surface area contributed by atoms with Gasteiger partial charge in [-0.15, -0.1) is 0 Å². The fraction of sp³-hybridized carbons (Fsp3) is 0.360. The van der Waals surface area contributed by atoms with E-state index in [1.54, 1.807) is 6.08 Å². The third kappa shape index (κ3) is 5.36. The fourth-order valence-corrected chi connectivity index (χ4v) is 4.30. The van der Waals surface area contributed by atoms with Gasteiger partial charge in [0, 0.05) is 38.3 Å². The maximum absolute atomic E-state index is 12.1. The Morgan fingerprint density at radius 2 is 1.80 bits per heavy atom. The first kappa shape index (κ1) is 20.4. The van der Waals surface area contributed by atoms with Crippen LogP contribution in [-0.2, 0) is 17.9 Å². The van der Waals surface area contributed by atoms with Crippen LogP contribution in [0.1, 0.15) is 37.3 Å². The summed E-state index contributed by atoms with van der Waals surface area (Å²) >= 11 is 0. The molecule has 2 atom stereocenters. The number of rotatable bonds is 6. The standard InChI is InChI=1S/C25H29N3O2/c1-18-13-19(2)16-28(15-18)17-21-9-7-20(8-10-21)14-26-24(29)11-12-25-27-22-5-3-4-6-23(22)30-25/h3-12,18-19H,13-17H2,1-2H3,(H,26,29)/b12-11+. The molecule has 1 N–H and O–H groups in total. The highest BCUT2D eigenvalue weighted by atomic mass is 16.3. The molecule has 0 radical (unpaired) electrons. The van der Waals surface area contributed by atoms with E-state index in [4.69, 9.17) is 4.42 Å². The zero-order valence-electron chi connectivity index (χ0n) is 17.7.